The molecule has 1 aliphatic rings. The van der Waals surface area contributed by atoms with Gasteiger partial charge in [-0.25, -0.2) is 0 Å². The van der Waals surface area contributed by atoms with Crippen LogP contribution in [0.2, 0.25) is 5.02 Å². The number of hydrogen-bond donors (Lipinski definition) is 1. The number of rotatable bonds is 4. The van der Waals surface area contributed by atoms with Gasteiger partial charge in [0.15, 0.2) is 0 Å². The molecular weight excluding hydrogens is 316 g/mol. The minimum absolute atomic E-state index is 0.188. The summed E-state index contributed by atoms with van der Waals surface area (Å²) in [4.78, 5) is 26.5. The fraction of sp³-hybridized carbons (Fsp3) is 0.294. The number of benzene rings is 1. The van der Waals surface area contributed by atoms with Crippen molar-refractivity contribution in [3.63, 3.8) is 0 Å². The van der Waals surface area contributed by atoms with E-state index >= 15 is 0 Å². The van der Waals surface area contributed by atoms with E-state index in [0.29, 0.717) is 23.7 Å². The number of nitrogens with one attached hydrogen (secondary N) is 1. The molecule has 1 saturated heterocycles. The van der Waals surface area contributed by atoms with Crippen LogP contribution in [-0.4, -0.2) is 18.4 Å². The van der Waals surface area contributed by atoms with Gasteiger partial charge in [0.05, 0.1) is 12.8 Å². The van der Waals surface area contributed by atoms with Crippen molar-refractivity contribution in [2.45, 2.75) is 19.9 Å². The minimum atomic E-state index is -0.664. The van der Waals surface area contributed by atoms with Gasteiger partial charge in [-0.2, -0.15) is 0 Å². The largest absolute Gasteiger partial charge is 0.467 e. The van der Waals surface area contributed by atoms with Crippen molar-refractivity contribution in [3.05, 3.63) is 52.9 Å². The van der Waals surface area contributed by atoms with Gasteiger partial charge < -0.3 is 14.6 Å². The molecule has 1 aromatic heterocycles. The summed E-state index contributed by atoms with van der Waals surface area (Å²) in [6.45, 7) is 2.67. The summed E-state index contributed by atoms with van der Waals surface area (Å²) in [5.74, 6) is -0.462. The molecule has 0 saturated carbocycles. The normalized spacial score (nSPS) is 17.6. The predicted molar refractivity (Wildman–Crippen MR) is 87.2 cm³/mol. The van der Waals surface area contributed by atoms with Gasteiger partial charge in [-0.05, 0) is 43.2 Å². The SMILES string of the molecule is Cc1c(Cl)cccc1N1CC[C@@H](C(=O)NCc2ccco2)C1=O. The summed E-state index contributed by atoms with van der Waals surface area (Å²) in [6.07, 6.45) is 2.04. The average molecular weight is 333 g/mol. The van der Waals surface area contributed by atoms with E-state index in [2.05, 4.69) is 5.32 Å². The van der Waals surface area contributed by atoms with Gasteiger partial charge in [0.25, 0.3) is 0 Å². The van der Waals surface area contributed by atoms with Gasteiger partial charge in [-0.3, -0.25) is 9.59 Å². The van der Waals surface area contributed by atoms with E-state index < -0.39 is 5.92 Å². The van der Waals surface area contributed by atoms with Crippen molar-refractivity contribution >= 4 is 29.1 Å². The molecule has 0 bridgehead atoms. The highest BCUT2D eigenvalue weighted by Gasteiger charge is 2.38. The first-order valence-electron chi connectivity index (χ1n) is 7.44. The predicted octanol–water partition coefficient (Wildman–Crippen LogP) is 2.91. The molecule has 2 heterocycles. The molecule has 120 valence electrons. The first-order chi connectivity index (χ1) is 11.1. The third kappa shape index (κ3) is 3.10. The lowest BCUT2D eigenvalue weighted by Gasteiger charge is -2.19. The number of anilines is 1. The number of amides is 2. The maximum absolute atomic E-state index is 12.6. The molecule has 5 nitrogen and oxygen atoms in total. The van der Waals surface area contributed by atoms with E-state index in [1.165, 1.54) is 0 Å². The van der Waals surface area contributed by atoms with Crippen LogP contribution in [0, 0.1) is 12.8 Å². The van der Waals surface area contributed by atoms with Gasteiger partial charge in [0, 0.05) is 17.3 Å². The van der Waals surface area contributed by atoms with Crippen molar-refractivity contribution in [1.82, 2.24) is 5.32 Å². The first kappa shape index (κ1) is 15.6. The van der Waals surface area contributed by atoms with E-state index in [4.69, 9.17) is 16.0 Å². The van der Waals surface area contributed by atoms with E-state index in [1.807, 2.05) is 19.1 Å². The van der Waals surface area contributed by atoms with E-state index in [0.717, 1.165) is 11.3 Å². The number of hydrogen-bond acceptors (Lipinski definition) is 3. The van der Waals surface area contributed by atoms with Gasteiger partial charge in [0.1, 0.15) is 11.7 Å². The van der Waals surface area contributed by atoms with Crippen LogP contribution in [0.15, 0.2) is 41.0 Å². The van der Waals surface area contributed by atoms with Crippen LogP contribution in [0.5, 0.6) is 0 Å². The molecule has 6 heteroatoms. The molecular formula is C17H17ClN2O3. The second kappa shape index (κ2) is 6.46. The lowest BCUT2D eigenvalue weighted by molar-refractivity contribution is -0.132. The van der Waals surface area contributed by atoms with Crippen LogP contribution in [0.25, 0.3) is 0 Å². The Balaban J connectivity index is 1.68. The first-order valence-corrected chi connectivity index (χ1v) is 7.82. The van der Waals surface area contributed by atoms with Gasteiger partial charge in [0.2, 0.25) is 11.8 Å². The van der Waals surface area contributed by atoms with Crippen LogP contribution < -0.4 is 10.2 Å². The van der Waals surface area contributed by atoms with Crippen molar-refractivity contribution < 1.29 is 14.0 Å². The van der Waals surface area contributed by atoms with Gasteiger partial charge in [-0.15, -0.1) is 0 Å². The second-order valence-electron chi connectivity index (χ2n) is 5.51. The Kier molecular flexibility index (Phi) is 4.39. The van der Waals surface area contributed by atoms with Gasteiger partial charge in [-0.1, -0.05) is 17.7 Å². The number of furan rings is 1. The Morgan fingerprint density at radius 3 is 2.96 bits per heavy atom. The molecule has 0 spiro atoms. The summed E-state index contributed by atoms with van der Waals surface area (Å²) in [5, 5.41) is 3.36. The van der Waals surface area contributed by atoms with Crippen LogP contribution in [0.4, 0.5) is 5.69 Å². The number of carbonyl (C=O) groups is 2. The Bertz CT molecular complexity index is 727. The molecule has 2 amide bonds. The fourth-order valence-electron chi connectivity index (χ4n) is 2.76. The summed E-state index contributed by atoms with van der Waals surface area (Å²) < 4.78 is 5.17. The molecule has 23 heavy (non-hydrogen) atoms. The van der Waals surface area contributed by atoms with Crippen molar-refractivity contribution in [2.24, 2.45) is 5.92 Å². The maximum atomic E-state index is 12.6. The fourth-order valence-corrected chi connectivity index (χ4v) is 2.93. The monoisotopic (exact) mass is 332 g/mol. The number of halogens is 1. The lowest BCUT2D eigenvalue weighted by Crippen LogP contribution is -2.36. The Labute approximate surface area is 139 Å². The topological polar surface area (TPSA) is 62.6 Å². The minimum Gasteiger partial charge on any atom is -0.467 e. The van der Waals surface area contributed by atoms with E-state index in [9.17, 15) is 9.59 Å². The molecule has 1 aliphatic heterocycles. The zero-order valence-corrected chi connectivity index (χ0v) is 13.5. The second-order valence-corrected chi connectivity index (χ2v) is 5.92. The Morgan fingerprint density at radius 2 is 2.22 bits per heavy atom. The van der Waals surface area contributed by atoms with Crippen molar-refractivity contribution in [1.29, 1.82) is 0 Å². The average Bonchev–Trinajstić information content (AvgIpc) is 3.18. The Morgan fingerprint density at radius 1 is 1.39 bits per heavy atom. The molecule has 3 rings (SSSR count). The molecule has 0 unspecified atom stereocenters. The summed E-state index contributed by atoms with van der Waals surface area (Å²) in [5.41, 5.74) is 1.61. The highest BCUT2D eigenvalue weighted by Crippen LogP contribution is 2.31. The molecule has 2 aromatic rings. The standard InChI is InChI=1S/C17H17ClN2O3/c1-11-14(18)5-2-6-15(11)20-8-7-13(17(20)22)16(21)19-10-12-4-3-9-23-12/h2-6,9,13H,7-8,10H2,1H3,(H,19,21)/t13-/m0/s1. The molecule has 1 aromatic carbocycles. The highest BCUT2D eigenvalue weighted by molar-refractivity contribution is 6.31. The summed E-state index contributed by atoms with van der Waals surface area (Å²) in [6, 6.07) is 8.98. The van der Waals surface area contributed by atoms with Crippen molar-refractivity contribution in [2.75, 3.05) is 11.4 Å². The molecule has 1 atom stereocenters. The zero-order chi connectivity index (χ0) is 16.4. The summed E-state index contributed by atoms with van der Waals surface area (Å²) >= 11 is 6.12. The van der Waals surface area contributed by atoms with Crippen LogP contribution in [0.3, 0.4) is 0 Å². The van der Waals surface area contributed by atoms with Crippen LogP contribution in [0.1, 0.15) is 17.7 Å². The van der Waals surface area contributed by atoms with E-state index in [-0.39, 0.29) is 18.4 Å². The molecule has 1 N–H and O–H groups in total. The molecule has 0 radical (unpaired) electrons. The number of carbonyl (C=O) groups excluding carboxylic acids is 2. The zero-order valence-electron chi connectivity index (χ0n) is 12.7. The quantitative estimate of drug-likeness (QED) is 0.876. The third-order valence-electron chi connectivity index (χ3n) is 4.07. The lowest BCUT2D eigenvalue weighted by atomic mass is 10.1. The van der Waals surface area contributed by atoms with Crippen LogP contribution >= 0.6 is 11.6 Å². The smallest absolute Gasteiger partial charge is 0.239 e. The molecule has 1 fully saturated rings. The third-order valence-corrected chi connectivity index (χ3v) is 4.48. The van der Waals surface area contributed by atoms with Crippen molar-refractivity contribution in [3.8, 4) is 0 Å². The number of nitrogens with zero attached hydrogens (tertiary/aromatic N) is 1. The van der Waals surface area contributed by atoms with E-state index in [1.54, 1.807) is 29.4 Å². The highest BCUT2D eigenvalue weighted by atomic mass is 35.5. The maximum Gasteiger partial charge on any atom is 0.239 e. The van der Waals surface area contributed by atoms with Gasteiger partial charge >= 0.3 is 0 Å². The summed E-state index contributed by atoms with van der Waals surface area (Å²) in [7, 11) is 0. The Hall–Kier alpha value is -2.27. The van der Waals surface area contributed by atoms with Crippen LogP contribution in [-0.2, 0) is 16.1 Å². The molecule has 0 aliphatic carbocycles.